The Bertz CT molecular complexity index is 859. The van der Waals surface area contributed by atoms with Gasteiger partial charge in [0.05, 0.1) is 6.10 Å². The van der Waals surface area contributed by atoms with Crippen LogP contribution in [-0.2, 0) is 10.2 Å². The van der Waals surface area contributed by atoms with Crippen LogP contribution in [0, 0.1) is 10.8 Å². The number of phenolic OH excluding ortho intramolecular Hbond substituents is 1. The third-order valence-electron chi connectivity index (χ3n) is 6.29. The van der Waals surface area contributed by atoms with Gasteiger partial charge in [-0.25, -0.2) is 0 Å². The highest BCUT2D eigenvalue weighted by molar-refractivity contribution is 5.47. The zero-order valence-electron chi connectivity index (χ0n) is 17.1. The Morgan fingerprint density at radius 1 is 0.963 bits per heavy atom. The molecule has 4 rings (SSSR count). The van der Waals surface area contributed by atoms with Crippen LogP contribution in [0.4, 0.5) is 0 Å². The number of allylic oxidation sites excluding steroid dienone is 1. The largest absolute Gasteiger partial charge is 0.508 e. The molecule has 1 saturated heterocycles. The molecule has 27 heavy (non-hydrogen) atoms. The summed E-state index contributed by atoms with van der Waals surface area (Å²) in [5, 5.41) is 20.4. The molecule has 0 bridgehead atoms. The van der Waals surface area contributed by atoms with Crippen molar-refractivity contribution >= 4 is 0 Å². The van der Waals surface area contributed by atoms with E-state index in [1.54, 1.807) is 12.1 Å². The summed E-state index contributed by atoms with van der Waals surface area (Å²) in [5.41, 5.74) is 1.28. The molecule has 2 unspecified atom stereocenters. The lowest BCUT2D eigenvalue weighted by atomic mass is 9.66. The van der Waals surface area contributed by atoms with E-state index >= 15 is 0 Å². The van der Waals surface area contributed by atoms with Gasteiger partial charge < -0.3 is 19.7 Å². The van der Waals surface area contributed by atoms with Crippen molar-refractivity contribution < 1.29 is 19.7 Å². The Morgan fingerprint density at radius 3 is 2.33 bits per heavy atom. The molecule has 0 amide bonds. The summed E-state index contributed by atoms with van der Waals surface area (Å²) in [6.45, 7) is 12.7. The number of aliphatic hydroxyl groups is 1. The molecule has 0 radical (unpaired) electrons. The van der Waals surface area contributed by atoms with E-state index in [-0.39, 0.29) is 22.0 Å². The summed E-state index contributed by atoms with van der Waals surface area (Å²) >= 11 is 0. The van der Waals surface area contributed by atoms with Gasteiger partial charge in [0.2, 0.25) is 0 Å². The van der Waals surface area contributed by atoms with Crippen molar-refractivity contribution in [3.05, 3.63) is 47.2 Å². The van der Waals surface area contributed by atoms with Gasteiger partial charge >= 0.3 is 0 Å². The fraction of sp³-hybridized carbons (Fsp3) is 0.565. The second kappa shape index (κ2) is 5.32. The molecule has 2 atom stereocenters. The molecule has 146 valence electrons. The molecular formula is C23H30O4. The molecule has 0 saturated carbocycles. The number of benzene rings is 1. The van der Waals surface area contributed by atoms with E-state index in [1.165, 1.54) is 0 Å². The minimum atomic E-state index is -0.765. The van der Waals surface area contributed by atoms with Crippen LogP contribution in [0.25, 0.3) is 0 Å². The van der Waals surface area contributed by atoms with Crippen LogP contribution in [0.15, 0.2) is 41.7 Å². The minimum Gasteiger partial charge on any atom is -0.508 e. The Hall–Kier alpha value is -1.94. The lowest BCUT2D eigenvalue weighted by Gasteiger charge is -2.53. The molecule has 1 spiro atoms. The first kappa shape index (κ1) is 18.4. The monoisotopic (exact) mass is 370 g/mol. The van der Waals surface area contributed by atoms with Gasteiger partial charge in [0.1, 0.15) is 17.3 Å². The van der Waals surface area contributed by atoms with E-state index in [1.807, 2.05) is 32.1 Å². The molecule has 1 aromatic rings. The van der Waals surface area contributed by atoms with Gasteiger partial charge in [0, 0.05) is 34.7 Å². The number of hydrogen-bond donors (Lipinski definition) is 2. The molecule has 1 aromatic carbocycles. The second-order valence-corrected chi connectivity index (χ2v) is 10.3. The SMILES string of the molecule is CC1(C)CC2(CC(C)(C)c3cc(O)ccc3O2)OC2=CC(C)(C)C(O)C=C21. The van der Waals surface area contributed by atoms with Gasteiger partial charge in [-0.1, -0.05) is 41.5 Å². The average Bonchev–Trinajstić information content (AvgIpc) is 2.49. The van der Waals surface area contributed by atoms with E-state index in [4.69, 9.17) is 9.47 Å². The first-order valence-corrected chi connectivity index (χ1v) is 9.69. The van der Waals surface area contributed by atoms with Crippen molar-refractivity contribution in [3.8, 4) is 11.5 Å². The third-order valence-corrected chi connectivity index (χ3v) is 6.29. The first-order chi connectivity index (χ1) is 12.3. The van der Waals surface area contributed by atoms with Crippen molar-refractivity contribution in [1.29, 1.82) is 0 Å². The Labute approximate surface area is 161 Å². The molecule has 3 aliphatic rings. The molecule has 1 aliphatic carbocycles. The highest BCUT2D eigenvalue weighted by atomic mass is 16.7. The quantitative estimate of drug-likeness (QED) is 0.688. The fourth-order valence-corrected chi connectivity index (χ4v) is 4.90. The van der Waals surface area contributed by atoms with Crippen LogP contribution in [0.2, 0.25) is 0 Å². The van der Waals surface area contributed by atoms with Gasteiger partial charge in [-0.3, -0.25) is 0 Å². The van der Waals surface area contributed by atoms with Crippen molar-refractivity contribution in [3.63, 3.8) is 0 Å². The first-order valence-electron chi connectivity index (χ1n) is 9.69. The molecule has 4 nitrogen and oxygen atoms in total. The lowest BCUT2D eigenvalue weighted by molar-refractivity contribution is -0.209. The maximum Gasteiger partial charge on any atom is 0.252 e. The molecule has 1 fully saturated rings. The topological polar surface area (TPSA) is 58.9 Å². The second-order valence-electron chi connectivity index (χ2n) is 10.3. The van der Waals surface area contributed by atoms with Crippen molar-refractivity contribution in [2.45, 2.75) is 71.7 Å². The summed E-state index contributed by atoms with van der Waals surface area (Å²) in [6.07, 6.45) is 4.84. The Kier molecular flexibility index (Phi) is 3.63. The number of fused-ring (bicyclic) bond motifs is 2. The molecule has 2 N–H and O–H groups in total. The maximum atomic E-state index is 10.5. The summed E-state index contributed by atoms with van der Waals surface area (Å²) in [6, 6.07) is 5.28. The lowest BCUT2D eigenvalue weighted by Crippen LogP contribution is -2.54. The highest BCUT2D eigenvalue weighted by Gasteiger charge is 2.55. The maximum absolute atomic E-state index is 10.5. The van der Waals surface area contributed by atoms with E-state index < -0.39 is 11.9 Å². The van der Waals surface area contributed by atoms with Crippen molar-refractivity contribution in [1.82, 2.24) is 0 Å². The normalized spacial score (nSPS) is 32.3. The van der Waals surface area contributed by atoms with E-state index in [0.29, 0.717) is 12.8 Å². The molecule has 2 heterocycles. The van der Waals surface area contributed by atoms with Crippen LogP contribution in [0.3, 0.4) is 0 Å². The number of rotatable bonds is 0. The number of aromatic hydroxyl groups is 1. The van der Waals surface area contributed by atoms with E-state index in [9.17, 15) is 10.2 Å². The van der Waals surface area contributed by atoms with E-state index in [2.05, 4.69) is 27.7 Å². The van der Waals surface area contributed by atoms with Crippen LogP contribution >= 0.6 is 0 Å². The van der Waals surface area contributed by atoms with Gasteiger partial charge in [-0.2, -0.15) is 0 Å². The smallest absolute Gasteiger partial charge is 0.252 e. The molecular weight excluding hydrogens is 340 g/mol. The molecule has 2 aliphatic heterocycles. The average molecular weight is 370 g/mol. The molecule has 0 aromatic heterocycles. The summed E-state index contributed by atoms with van der Waals surface area (Å²) in [5.74, 6) is 1.07. The van der Waals surface area contributed by atoms with Crippen molar-refractivity contribution in [2.75, 3.05) is 0 Å². The Morgan fingerprint density at radius 2 is 1.63 bits per heavy atom. The summed E-state index contributed by atoms with van der Waals surface area (Å²) < 4.78 is 13.0. The predicted molar refractivity (Wildman–Crippen MR) is 105 cm³/mol. The van der Waals surface area contributed by atoms with Gasteiger partial charge in [-0.15, -0.1) is 0 Å². The number of phenols is 1. The van der Waals surface area contributed by atoms with Crippen molar-refractivity contribution in [2.24, 2.45) is 10.8 Å². The van der Waals surface area contributed by atoms with E-state index in [0.717, 1.165) is 22.6 Å². The van der Waals surface area contributed by atoms with Gasteiger partial charge in [0.15, 0.2) is 0 Å². The van der Waals surface area contributed by atoms with Crippen LogP contribution < -0.4 is 4.74 Å². The number of hydrogen-bond acceptors (Lipinski definition) is 4. The minimum absolute atomic E-state index is 0.188. The standard InChI is InChI=1S/C23H30O4/c1-20(2)11-18-16(10-19(20)25)22(5,6)13-23(27-18)12-21(3,4)15-9-14(24)7-8-17(15)26-23/h7-11,19,24-25H,12-13H2,1-6H3. The predicted octanol–water partition coefficient (Wildman–Crippen LogP) is 4.81. The zero-order chi connectivity index (χ0) is 19.8. The van der Waals surface area contributed by atoms with Crippen LogP contribution in [-0.4, -0.2) is 22.1 Å². The summed E-state index contributed by atoms with van der Waals surface area (Å²) in [4.78, 5) is 0. The number of aliphatic hydroxyl groups excluding tert-OH is 1. The highest BCUT2D eigenvalue weighted by Crippen LogP contribution is 2.57. The Balaban J connectivity index is 1.80. The third kappa shape index (κ3) is 2.85. The zero-order valence-corrected chi connectivity index (χ0v) is 17.1. The van der Waals surface area contributed by atoms with Crippen LogP contribution in [0.1, 0.15) is 59.9 Å². The van der Waals surface area contributed by atoms with Gasteiger partial charge in [0.25, 0.3) is 5.79 Å². The summed E-state index contributed by atoms with van der Waals surface area (Å²) in [7, 11) is 0. The van der Waals surface area contributed by atoms with Gasteiger partial charge in [-0.05, 0) is 35.9 Å². The van der Waals surface area contributed by atoms with Crippen LogP contribution in [0.5, 0.6) is 11.5 Å². The molecule has 4 heteroatoms. The fourth-order valence-electron chi connectivity index (χ4n) is 4.90. The number of ether oxygens (including phenoxy) is 2.